The molecule has 0 aliphatic carbocycles. The van der Waals surface area contributed by atoms with Gasteiger partial charge in [-0.15, -0.1) is 11.3 Å². The van der Waals surface area contributed by atoms with Crippen molar-refractivity contribution >= 4 is 38.1 Å². The Kier molecular flexibility index (Phi) is 1.18. The lowest BCUT2D eigenvalue weighted by atomic mass is 10.3. The van der Waals surface area contributed by atoms with Crippen LogP contribution in [0.3, 0.4) is 0 Å². The molecule has 0 aliphatic rings. The molecule has 10 heavy (non-hydrogen) atoms. The highest BCUT2D eigenvalue weighted by Crippen LogP contribution is 2.32. The number of rotatable bonds is 0. The molecule has 0 aliphatic heterocycles. The van der Waals surface area contributed by atoms with Crippen LogP contribution >= 0.6 is 22.9 Å². The number of hydrogen-bond donors (Lipinski definition) is 1. The van der Waals surface area contributed by atoms with Crippen molar-refractivity contribution in [3.05, 3.63) is 10.9 Å². The number of thiophene rings is 1. The van der Waals surface area contributed by atoms with Crippen molar-refractivity contribution < 1.29 is 0 Å². The third-order valence-electron chi connectivity index (χ3n) is 1.43. The molecule has 2 nitrogen and oxygen atoms in total. The van der Waals surface area contributed by atoms with Gasteiger partial charge in [-0.05, 0) is 29.4 Å². The van der Waals surface area contributed by atoms with E-state index in [1.165, 1.54) is 17.1 Å². The summed E-state index contributed by atoms with van der Waals surface area (Å²) in [6, 6.07) is 0. The van der Waals surface area contributed by atoms with Crippen LogP contribution in [0.1, 0.15) is 5.56 Å². The maximum absolute atomic E-state index is 5.68. The molecular formula is C6H6N2S2. The number of nitrogens with two attached hydrogens (primary N) is 1. The number of nitrogens with zero attached hydrogens (tertiary/aromatic N) is 1. The number of anilines is 1. The second kappa shape index (κ2) is 1.93. The highest BCUT2D eigenvalue weighted by atomic mass is 32.1. The van der Waals surface area contributed by atoms with Gasteiger partial charge in [0.2, 0.25) is 0 Å². The van der Waals surface area contributed by atoms with Crippen LogP contribution in [-0.2, 0) is 0 Å². The molecule has 0 fully saturated rings. The largest absolute Gasteiger partial charge is 0.389 e. The van der Waals surface area contributed by atoms with Gasteiger partial charge in [0.1, 0.15) is 9.83 Å². The Morgan fingerprint density at radius 2 is 2.40 bits per heavy atom. The summed E-state index contributed by atoms with van der Waals surface area (Å²) in [6.45, 7) is 2.06. The summed E-state index contributed by atoms with van der Waals surface area (Å²) >= 11 is 3.03. The number of fused-ring (bicyclic) bond motifs is 1. The number of aryl methyl sites for hydroxylation is 1. The summed E-state index contributed by atoms with van der Waals surface area (Å²) in [6.07, 6.45) is 0. The van der Waals surface area contributed by atoms with Crippen molar-refractivity contribution in [1.82, 2.24) is 4.37 Å². The molecule has 0 spiro atoms. The quantitative estimate of drug-likeness (QED) is 0.658. The Bertz CT molecular complexity index is 329. The first-order valence-electron chi connectivity index (χ1n) is 2.88. The van der Waals surface area contributed by atoms with Gasteiger partial charge in [0.05, 0.1) is 5.39 Å². The topological polar surface area (TPSA) is 38.9 Å². The average molecular weight is 170 g/mol. The zero-order valence-electron chi connectivity index (χ0n) is 5.42. The van der Waals surface area contributed by atoms with E-state index in [4.69, 9.17) is 5.73 Å². The first-order chi connectivity index (χ1) is 4.79. The van der Waals surface area contributed by atoms with E-state index in [2.05, 4.69) is 16.7 Å². The normalized spacial score (nSPS) is 10.9. The van der Waals surface area contributed by atoms with Gasteiger partial charge in [-0.1, -0.05) is 0 Å². The smallest absolute Gasteiger partial charge is 0.139 e. The molecule has 2 N–H and O–H groups in total. The van der Waals surface area contributed by atoms with Gasteiger partial charge < -0.3 is 5.73 Å². The minimum atomic E-state index is 0.841. The summed E-state index contributed by atoms with van der Waals surface area (Å²) in [7, 11) is 0. The lowest BCUT2D eigenvalue weighted by molar-refractivity contribution is 1.61. The number of nitrogen functional groups attached to an aromatic ring is 1. The van der Waals surface area contributed by atoms with Crippen LogP contribution in [0.15, 0.2) is 5.38 Å². The van der Waals surface area contributed by atoms with Gasteiger partial charge >= 0.3 is 0 Å². The van der Waals surface area contributed by atoms with Crippen molar-refractivity contribution in [2.75, 3.05) is 5.73 Å². The molecule has 2 rings (SSSR count). The first-order valence-corrected chi connectivity index (χ1v) is 4.53. The van der Waals surface area contributed by atoms with Gasteiger partial charge in [-0.25, -0.2) is 0 Å². The zero-order valence-corrected chi connectivity index (χ0v) is 7.05. The monoisotopic (exact) mass is 170 g/mol. The van der Waals surface area contributed by atoms with Crippen LogP contribution in [0.2, 0.25) is 0 Å². The molecule has 0 saturated heterocycles. The molecule has 4 heteroatoms. The van der Waals surface area contributed by atoms with Crippen LogP contribution in [0.5, 0.6) is 0 Å². The number of aromatic nitrogens is 1. The summed E-state index contributed by atoms with van der Waals surface area (Å²) in [5.41, 5.74) is 6.93. The fraction of sp³-hybridized carbons (Fsp3) is 0.167. The van der Waals surface area contributed by atoms with Crippen molar-refractivity contribution in [3.63, 3.8) is 0 Å². The standard InChI is InChI=1S/C6H6N2S2/c1-3-2-9-6-4(3)5(7)10-8-6/h2H,7H2,1H3. The highest BCUT2D eigenvalue weighted by molar-refractivity contribution is 7.21. The van der Waals surface area contributed by atoms with E-state index in [1.807, 2.05) is 0 Å². The van der Waals surface area contributed by atoms with Crippen molar-refractivity contribution in [1.29, 1.82) is 0 Å². The van der Waals surface area contributed by atoms with Crippen molar-refractivity contribution in [2.45, 2.75) is 6.92 Å². The maximum atomic E-state index is 5.68. The Labute approximate surface area is 66.5 Å². The Morgan fingerprint density at radius 3 is 3.10 bits per heavy atom. The Morgan fingerprint density at radius 1 is 1.60 bits per heavy atom. The zero-order chi connectivity index (χ0) is 7.14. The first kappa shape index (κ1) is 6.12. The van der Waals surface area contributed by atoms with E-state index in [0.29, 0.717) is 0 Å². The Balaban J connectivity index is 2.98. The molecule has 0 atom stereocenters. The van der Waals surface area contributed by atoms with E-state index in [1.54, 1.807) is 11.3 Å². The van der Waals surface area contributed by atoms with Gasteiger partial charge in [-0.3, -0.25) is 0 Å². The van der Waals surface area contributed by atoms with E-state index in [0.717, 1.165) is 15.2 Å². The van der Waals surface area contributed by atoms with Crippen molar-refractivity contribution in [2.24, 2.45) is 0 Å². The number of hydrogen-bond acceptors (Lipinski definition) is 4. The minimum absolute atomic E-state index is 0.841. The van der Waals surface area contributed by atoms with E-state index >= 15 is 0 Å². The van der Waals surface area contributed by atoms with Crippen molar-refractivity contribution in [3.8, 4) is 0 Å². The van der Waals surface area contributed by atoms with Gasteiger partial charge in [0, 0.05) is 0 Å². The van der Waals surface area contributed by atoms with Gasteiger partial charge in [0.15, 0.2) is 0 Å². The summed E-state index contributed by atoms with van der Waals surface area (Å²) in [5.74, 6) is 0. The third kappa shape index (κ3) is 0.660. The SMILES string of the molecule is Cc1csc2nsc(N)c12. The maximum Gasteiger partial charge on any atom is 0.139 e. The van der Waals surface area contributed by atoms with E-state index < -0.39 is 0 Å². The molecule has 2 aromatic heterocycles. The molecule has 52 valence electrons. The van der Waals surface area contributed by atoms with Crippen LogP contribution in [0.25, 0.3) is 10.2 Å². The lowest BCUT2D eigenvalue weighted by Crippen LogP contribution is -1.77. The summed E-state index contributed by atoms with van der Waals surface area (Å²) in [5, 5.41) is 4.07. The van der Waals surface area contributed by atoms with Crippen LogP contribution in [0, 0.1) is 6.92 Å². The molecular weight excluding hydrogens is 164 g/mol. The van der Waals surface area contributed by atoms with E-state index in [-0.39, 0.29) is 0 Å². The highest BCUT2D eigenvalue weighted by Gasteiger charge is 2.06. The van der Waals surface area contributed by atoms with E-state index in [9.17, 15) is 0 Å². The summed E-state index contributed by atoms with van der Waals surface area (Å²) in [4.78, 5) is 1.07. The van der Waals surface area contributed by atoms with Crippen LogP contribution in [0.4, 0.5) is 5.00 Å². The second-order valence-electron chi connectivity index (χ2n) is 2.15. The molecule has 0 aromatic carbocycles. The fourth-order valence-electron chi connectivity index (χ4n) is 0.934. The molecule has 0 amide bonds. The molecule has 0 saturated carbocycles. The van der Waals surface area contributed by atoms with Gasteiger partial charge in [0.25, 0.3) is 0 Å². The second-order valence-corrected chi connectivity index (χ2v) is 3.81. The summed E-state index contributed by atoms with van der Waals surface area (Å²) < 4.78 is 4.17. The average Bonchev–Trinajstić information content (AvgIpc) is 2.40. The molecule has 2 aromatic rings. The van der Waals surface area contributed by atoms with Crippen LogP contribution in [-0.4, -0.2) is 4.37 Å². The molecule has 0 unspecified atom stereocenters. The molecule has 2 heterocycles. The Hall–Kier alpha value is -0.610. The minimum Gasteiger partial charge on any atom is -0.389 e. The predicted molar refractivity (Wildman–Crippen MR) is 46.6 cm³/mol. The van der Waals surface area contributed by atoms with Gasteiger partial charge in [-0.2, -0.15) is 4.37 Å². The third-order valence-corrected chi connectivity index (χ3v) is 3.21. The molecule has 0 bridgehead atoms. The molecule has 0 radical (unpaired) electrons. The fourth-order valence-corrected chi connectivity index (χ4v) is 2.70. The lowest BCUT2D eigenvalue weighted by Gasteiger charge is -1.82. The predicted octanol–water partition coefficient (Wildman–Crippen LogP) is 2.25. The van der Waals surface area contributed by atoms with Crippen LogP contribution < -0.4 is 5.73 Å².